The van der Waals surface area contributed by atoms with Gasteiger partial charge < -0.3 is 5.32 Å². The van der Waals surface area contributed by atoms with E-state index in [-0.39, 0.29) is 0 Å². The maximum atomic E-state index is 3.89. The van der Waals surface area contributed by atoms with Gasteiger partial charge in [-0.25, -0.2) is 0 Å². The molecule has 1 heteroatoms. The molecule has 1 N–H and O–H groups in total. The largest absolute Gasteiger partial charge is 0.316 e. The summed E-state index contributed by atoms with van der Waals surface area (Å²) in [5, 5.41) is 3.68. The highest BCUT2D eigenvalue weighted by atomic mass is 14.9. The van der Waals surface area contributed by atoms with Crippen LogP contribution in [0.15, 0.2) is 12.7 Å². The van der Waals surface area contributed by atoms with Gasteiger partial charge in [0, 0.05) is 0 Å². The summed E-state index contributed by atoms with van der Waals surface area (Å²) in [6.07, 6.45) is 8.94. The van der Waals surface area contributed by atoms with Crippen molar-refractivity contribution in [3.63, 3.8) is 0 Å². The Bertz CT molecular complexity index is 242. The minimum absolute atomic E-state index is 0.763. The molecule has 0 spiro atoms. The van der Waals surface area contributed by atoms with Crippen LogP contribution in [0.1, 0.15) is 59.8 Å². The molecule has 0 heterocycles. The van der Waals surface area contributed by atoms with Crippen molar-refractivity contribution in [2.24, 2.45) is 29.6 Å². The van der Waals surface area contributed by atoms with E-state index < -0.39 is 0 Å². The van der Waals surface area contributed by atoms with Crippen molar-refractivity contribution in [1.82, 2.24) is 5.32 Å². The average molecular weight is 265 g/mol. The van der Waals surface area contributed by atoms with Crippen molar-refractivity contribution in [3.05, 3.63) is 12.7 Å². The number of nitrogens with one attached hydrogen (secondary N) is 1. The fourth-order valence-corrected chi connectivity index (χ4v) is 3.48. The Morgan fingerprint density at radius 3 is 2.47 bits per heavy atom. The number of hydrogen-bond donors (Lipinski definition) is 1. The molecule has 112 valence electrons. The third-order valence-corrected chi connectivity index (χ3v) is 4.82. The van der Waals surface area contributed by atoms with Crippen molar-refractivity contribution >= 4 is 0 Å². The van der Waals surface area contributed by atoms with Crippen LogP contribution < -0.4 is 5.32 Å². The van der Waals surface area contributed by atoms with Crippen LogP contribution >= 0.6 is 0 Å². The second kappa shape index (κ2) is 8.79. The molecule has 1 aliphatic carbocycles. The zero-order valence-electron chi connectivity index (χ0n) is 13.6. The van der Waals surface area contributed by atoms with Crippen molar-refractivity contribution in [1.29, 1.82) is 0 Å². The van der Waals surface area contributed by atoms with Crippen molar-refractivity contribution < 1.29 is 0 Å². The smallest absolute Gasteiger partial charge is 0.00178 e. The van der Waals surface area contributed by atoms with Gasteiger partial charge in [-0.2, -0.15) is 0 Å². The first-order chi connectivity index (χ1) is 9.04. The van der Waals surface area contributed by atoms with Gasteiger partial charge in [-0.05, 0) is 74.8 Å². The second-order valence-corrected chi connectivity index (χ2v) is 7.26. The standard InChI is InChI=1S/C18H35N/c1-6-7-8-17-11-16(15(4)5)9-10-18(17)13-19-12-14(2)3/h6,14-19H,1,7-13H2,2-5H3. The molecular formula is C18H35N. The first-order valence-corrected chi connectivity index (χ1v) is 8.36. The van der Waals surface area contributed by atoms with Crippen LogP contribution in [0, 0.1) is 29.6 Å². The lowest BCUT2D eigenvalue weighted by Gasteiger charge is -2.38. The molecule has 3 atom stereocenters. The number of rotatable bonds is 8. The quantitative estimate of drug-likeness (QED) is 0.616. The van der Waals surface area contributed by atoms with Gasteiger partial charge in [0.15, 0.2) is 0 Å². The van der Waals surface area contributed by atoms with Crippen LogP contribution in [0.2, 0.25) is 0 Å². The van der Waals surface area contributed by atoms with Crippen LogP contribution in [0.25, 0.3) is 0 Å². The highest BCUT2D eigenvalue weighted by Crippen LogP contribution is 2.39. The van der Waals surface area contributed by atoms with E-state index in [0.29, 0.717) is 0 Å². The molecule has 1 saturated carbocycles. The zero-order chi connectivity index (χ0) is 14.3. The highest BCUT2D eigenvalue weighted by molar-refractivity contribution is 4.84. The minimum atomic E-state index is 0.763. The zero-order valence-corrected chi connectivity index (χ0v) is 13.6. The van der Waals surface area contributed by atoms with Gasteiger partial charge in [0.1, 0.15) is 0 Å². The number of hydrogen-bond acceptors (Lipinski definition) is 1. The summed E-state index contributed by atoms with van der Waals surface area (Å²) < 4.78 is 0. The first kappa shape index (κ1) is 16.8. The first-order valence-electron chi connectivity index (χ1n) is 8.36. The van der Waals surface area contributed by atoms with E-state index in [9.17, 15) is 0 Å². The third kappa shape index (κ3) is 6.12. The molecule has 1 aliphatic rings. The van der Waals surface area contributed by atoms with E-state index in [2.05, 4.69) is 45.7 Å². The Balaban J connectivity index is 2.45. The van der Waals surface area contributed by atoms with Crippen LogP contribution in [0.4, 0.5) is 0 Å². The van der Waals surface area contributed by atoms with E-state index in [1.807, 2.05) is 0 Å². The summed E-state index contributed by atoms with van der Waals surface area (Å²) in [5.74, 6) is 4.39. The molecule has 0 aromatic carbocycles. The molecule has 0 aliphatic heterocycles. The van der Waals surface area contributed by atoms with E-state index in [0.717, 1.165) is 36.1 Å². The van der Waals surface area contributed by atoms with Crippen LogP contribution in [0.5, 0.6) is 0 Å². The van der Waals surface area contributed by atoms with Crippen LogP contribution in [-0.2, 0) is 0 Å². The molecule has 0 radical (unpaired) electrons. The summed E-state index contributed by atoms with van der Waals surface area (Å²) in [7, 11) is 0. The maximum absolute atomic E-state index is 3.89. The van der Waals surface area contributed by atoms with E-state index in [4.69, 9.17) is 0 Å². The molecule has 1 nitrogen and oxygen atoms in total. The molecular weight excluding hydrogens is 230 g/mol. The Morgan fingerprint density at radius 1 is 1.16 bits per heavy atom. The molecule has 0 bridgehead atoms. The summed E-state index contributed by atoms with van der Waals surface area (Å²) in [4.78, 5) is 0. The fraction of sp³-hybridized carbons (Fsp3) is 0.889. The summed E-state index contributed by atoms with van der Waals surface area (Å²) in [6, 6.07) is 0. The van der Waals surface area contributed by atoms with Crippen LogP contribution in [-0.4, -0.2) is 13.1 Å². The molecule has 0 aromatic rings. The molecule has 0 aromatic heterocycles. The lowest BCUT2D eigenvalue weighted by atomic mass is 9.69. The third-order valence-electron chi connectivity index (χ3n) is 4.82. The topological polar surface area (TPSA) is 12.0 Å². The van der Waals surface area contributed by atoms with Gasteiger partial charge in [0.05, 0.1) is 0 Å². The van der Waals surface area contributed by atoms with Crippen molar-refractivity contribution in [2.75, 3.05) is 13.1 Å². The van der Waals surface area contributed by atoms with Gasteiger partial charge in [-0.3, -0.25) is 0 Å². The van der Waals surface area contributed by atoms with Gasteiger partial charge in [-0.1, -0.05) is 33.8 Å². The lowest BCUT2D eigenvalue weighted by Crippen LogP contribution is -2.35. The molecule has 1 rings (SSSR count). The molecule has 1 fully saturated rings. The van der Waals surface area contributed by atoms with Gasteiger partial charge >= 0.3 is 0 Å². The van der Waals surface area contributed by atoms with E-state index in [1.54, 1.807) is 0 Å². The minimum Gasteiger partial charge on any atom is -0.316 e. The Hall–Kier alpha value is -0.300. The predicted molar refractivity (Wildman–Crippen MR) is 86.3 cm³/mol. The molecule has 3 unspecified atom stereocenters. The normalized spacial score (nSPS) is 28.0. The molecule has 19 heavy (non-hydrogen) atoms. The van der Waals surface area contributed by atoms with Gasteiger partial charge in [-0.15, -0.1) is 6.58 Å². The van der Waals surface area contributed by atoms with Gasteiger partial charge in [0.2, 0.25) is 0 Å². The molecule has 0 amide bonds. The molecule has 0 saturated heterocycles. The Morgan fingerprint density at radius 2 is 1.89 bits per heavy atom. The second-order valence-electron chi connectivity index (χ2n) is 7.26. The SMILES string of the molecule is C=CCCC1CC(C(C)C)CCC1CNCC(C)C. The van der Waals surface area contributed by atoms with E-state index in [1.165, 1.54) is 38.6 Å². The van der Waals surface area contributed by atoms with Crippen LogP contribution in [0.3, 0.4) is 0 Å². The van der Waals surface area contributed by atoms with Crippen molar-refractivity contribution in [2.45, 2.75) is 59.8 Å². The van der Waals surface area contributed by atoms with Gasteiger partial charge in [0.25, 0.3) is 0 Å². The summed E-state index contributed by atoms with van der Waals surface area (Å²) >= 11 is 0. The number of allylic oxidation sites excluding steroid dienone is 1. The van der Waals surface area contributed by atoms with Crippen molar-refractivity contribution in [3.8, 4) is 0 Å². The maximum Gasteiger partial charge on any atom is -0.00178 e. The summed E-state index contributed by atoms with van der Waals surface area (Å²) in [5.41, 5.74) is 0. The monoisotopic (exact) mass is 265 g/mol. The highest BCUT2D eigenvalue weighted by Gasteiger charge is 2.30. The summed E-state index contributed by atoms with van der Waals surface area (Å²) in [6.45, 7) is 15.7. The lowest BCUT2D eigenvalue weighted by molar-refractivity contribution is 0.138. The fourth-order valence-electron chi connectivity index (χ4n) is 3.48. The average Bonchev–Trinajstić information content (AvgIpc) is 2.36. The Labute approximate surface area is 121 Å². The predicted octanol–water partition coefficient (Wildman–Crippen LogP) is 4.89. The Kier molecular flexibility index (Phi) is 7.75. The van der Waals surface area contributed by atoms with E-state index >= 15 is 0 Å².